The van der Waals surface area contributed by atoms with Crippen LogP contribution in [0.3, 0.4) is 0 Å². The third-order valence-corrected chi connectivity index (χ3v) is 4.51. The molecular formula is C15H18N2S. The van der Waals surface area contributed by atoms with Gasteiger partial charge < -0.3 is 5.32 Å². The maximum Gasteiger partial charge on any atom is 0.0739 e. The van der Waals surface area contributed by atoms with Crippen molar-refractivity contribution < 1.29 is 0 Å². The van der Waals surface area contributed by atoms with Crippen molar-refractivity contribution in [2.24, 2.45) is 16.8 Å². The normalized spacial score (nSPS) is 30.6. The van der Waals surface area contributed by atoms with Gasteiger partial charge in [-0.1, -0.05) is 25.0 Å². The van der Waals surface area contributed by atoms with Crippen molar-refractivity contribution in [1.29, 1.82) is 0 Å². The zero-order chi connectivity index (χ0) is 12.4. The van der Waals surface area contributed by atoms with E-state index in [1.165, 1.54) is 37.8 Å². The molecule has 1 N–H and O–H groups in total. The van der Waals surface area contributed by atoms with E-state index in [2.05, 4.69) is 39.8 Å². The molecule has 1 saturated carbocycles. The van der Waals surface area contributed by atoms with Crippen molar-refractivity contribution in [2.75, 3.05) is 6.54 Å². The molecule has 1 saturated heterocycles. The number of nitrogens with zero attached hydrogens (tertiary/aromatic N) is 1. The van der Waals surface area contributed by atoms with Crippen molar-refractivity contribution in [1.82, 2.24) is 5.32 Å². The smallest absolute Gasteiger partial charge is 0.0739 e. The number of hydrogen-bond donors (Lipinski definition) is 1. The van der Waals surface area contributed by atoms with Gasteiger partial charge in [0.1, 0.15) is 0 Å². The predicted molar refractivity (Wildman–Crippen MR) is 77.3 cm³/mol. The Kier molecular flexibility index (Phi) is 3.55. The van der Waals surface area contributed by atoms with Crippen LogP contribution in [-0.2, 0) is 0 Å². The quantitative estimate of drug-likeness (QED) is 0.643. The summed E-state index contributed by atoms with van der Waals surface area (Å²) in [7, 11) is 0. The molecule has 0 spiro atoms. The lowest BCUT2D eigenvalue weighted by molar-refractivity contribution is 0.266. The molecular weight excluding hydrogens is 240 g/mol. The Morgan fingerprint density at radius 1 is 1.17 bits per heavy atom. The van der Waals surface area contributed by atoms with E-state index in [1.54, 1.807) is 0 Å². The number of fused-ring (bicyclic) bond motifs is 1. The number of aliphatic imine (C=N–C) groups is 1. The van der Waals surface area contributed by atoms with Crippen LogP contribution in [0, 0.1) is 11.8 Å². The summed E-state index contributed by atoms with van der Waals surface area (Å²) in [4.78, 5) is 4.00. The summed E-state index contributed by atoms with van der Waals surface area (Å²) in [5.41, 5.74) is 2.29. The standard InChI is InChI=1S/C15H18N2S/c18-10-17-13-7-5-11(6-8-13)15-14-4-2-1-3-12(14)9-16-15/h5-8,12,14-16H,1-4,9H2. The van der Waals surface area contributed by atoms with Crippen LogP contribution < -0.4 is 5.32 Å². The lowest BCUT2D eigenvalue weighted by Crippen LogP contribution is -2.20. The third kappa shape index (κ3) is 2.26. The summed E-state index contributed by atoms with van der Waals surface area (Å²) < 4.78 is 0. The van der Waals surface area contributed by atoms with Gasteiger partial charge in [0.05, 0.1) is 10.8 Å². The highest BCUT2D eigenvalue weighted by atomic mass is 32.1. The van der Waals surface area contributed by atoms with Gasteiger partial charge in [0.25, 0.3) is 0 Å². The van der Waals surface area contributed by atoms with E-state index in [1.807, 2.05) is 12.1 Å². The first-order chi connectivity index (χ1) is 8.88. The maximum atomic E-state index is 4.62. The van der Waals surface area contributed by atoms with E-state index < -0.39 is 0 Å². The largest absolute Gasteiger partial charge is 0.309 e. The Balaban J connectivity index is 1.80. The number of benzene rings is 1. The van der Waals surface area contributed by atoms with Gasteiger partial charge in [-0.25, -0.2) is 0 Å². The zero-order valence-corrected chi connectivity index (χ0v) is 11.2. The molecule has 2 fully saturated rings. The lowest BCUT2D eigenvalue weighted by atomic mass is 9.77. The predicted octanol–water partition coefficient (Wildman–Crippen LogP) is 3.87. The van der Waals surface area contributed by atoms with Crippen molar-refractivity contribution in [3.63, 3.8) is 0 Å². The first-order valence-corrected chi connectivity index (χ1v) is 7.20. The zero-order valence-electron chi connectivity index (χ0n) is 10.4. The fourth-order valence-corrected chi connectivity index (χ4v) is 3.64. The Morgan fingerprint density at radius 2 is 1.94 bits per heavy atom. The van der Waals surface area contributed by atoms with Crippen LogP contribution in [0.25, 0.3) is 0 Å². The Labute approximate surface area is 114 Å². The highest BCUT2D eigenvalue weighted by Gasteiger charge is 2.37. The number of rotatable bonds is 2. The highest BCUT2D eigenvalue weighted by Crippen LogP contribution is 2.42. The Bertz CT molecular complexity index is 462. The van der Waals surface area contributed by atoms with E-state index in [0.717, 1.165) is 17.5 Å². The van der Waals surface area contributed by atoms with E-state index in [0.29, 0.717) is 6.04 Å². The van der Waals surface area contributed by atoms with Crippen LogP contribution in [0.15, 0.2) is 29.3 Å². The van der Waals surface area contributed by atoms with Crippen molar-refractivity contribution in [2.45, 2.75) is 31.7 Å². The summed E-state index contributed by atoms with van der Waals surface area (Å²) in [5, 5.41) is 6.11. The van der Waals surface area contributed by atoms with Gasteiger partial charge >= 0.3 is 0 Å². The first kappa shape index (κ1) is 12.0. The van der Waals surface area contributed by atoms with Crippen molar-refractivity contribution in [3.05, 3.63) is 29.8 Å². The Hall–Kier alpha value is -1.02. The molecule has 1 aliphatic heterocycles. The van der Waals surface area contributed by atoms with Crippen molar-refractivity contribution in [3.8, 4) is 0 Å². The number of hydrogen-bond acceptors (Lipinski definition) is 3. The summed E-state index contributed by atoms with van der Waals surface area (Å²) >= 11 is 4.62. The molecule has 1 aliphatic carbocycles. The van der Waals surface area contributed by atoms with E-state index in [-0.39, 0.29) is 0 Å². The molecule has 1 heterocycles. The third-order valence-electron chi connectivity index (χ3n) is 4.42. The molecule has 0 aromatic heterocycles. The molecule has 0 amide bonds. The van der Waals surface area contributed by atoms with Gasteiger partial charge in [-0.2, -0.15) is 4.99 Å². The lowest BCUT2D eigenvalue weighted by Gasteiger charge is -2.28. The highest BCUT2D eigenvalue weighted by molar-refractivity contribution is 7.78. The number of thiocarbonyl (C=S) groups is 1. The van der Waals surface area contributed by atoms with E-state index in [4.69, 9.17) is 0 Å². The second-order valence-electron chi connectivity index (χ2n) is 5.39. The summed E-state index contributed by atoms with van der Waals surface area (Å²) in [6.45, 7) is 1.19. The van der Waals surface area contributed by atoms with Crippen LogP contribution in [0.5, 0.6) is 0 Å². The van der Waals surface area contributed by atoms with Crippen LogP contribution in [0.1, 0.15) is 37.3 Å². The molecule has 1 aromatic rings. The first-order valence-electron chi connectivity index (χ1n) is 6.80. The molecule has 3 unspecified atom stereocenters. The van der Waals surface area contributed by atoms with Gasteiger partial charge in [0.15, 0.2) is 0 Å². The minimum Gasteiger partial charge on any atom is -0.309 e. The monoisotopic (exact) mass is 258 g/mol. The molecule has 1 aromatic carbocycles. The maximum absolute atomic E-state index is 4.62. The number of isothiocyanates is 1. The van der Waals surface area contributed by atoms with Gasteiger partial charge in [0, 0.05) is 6.04 Å². The fourth-order valence-electron chi connectivity index (χ4n) is 3.53. The van der Waals surface area contributed by atoms with E-state index in [9.17, 15) is 0 Å². The molecule has 2 aliphatic rings. The van der Waals surface area contributed by atoms with Gasteiger partial charge in [-0.05, 0) is 61.1 Å². The fraction of sp³-hybridized carbons (Fsp3) is 0.533. The minimum atomic E-state index is 0.542. The summed E-state index contributed by atoms with van der Waals surface area (Å²) in [5.74, 6) is 1.72. The second kappa shape index (κ2) is 5.31. The van der Waals surface area contributed by atoms with Gasteiger partial charge in [0.2, 0.25) is 0 Å². The molecule has 18 heavy (non-hydrogen) atoms. The van der Waals surface area contributed by atoms with Crippen LogP contribution >= 0.6 is 12.2 Å². The van der Waals surface area contributed by atoms with Crippen LogP contribution in [-0.4, -0.2) is 11.7 Å². The Morgan fingerprint density at radius 3 is 2.72 bits per heavy atom. The van der Waals surface area contributed by atoms with Crippen LogP contribution in [0.4, 0.5) is 5.69 Å². The molecule has 94 valence electrons. The average molecular weight is 258 g/mol. The summed E-state index contributed by atoms with van der Waals surface area (Å²) in [6.07, 6.45) is 5.59. The molecule has 3 heteroatoms. The van der Waals surface area contributed by atoms with Crippen LogP contribution in [0.2, 0.25) is 0 Å². The topological polar surface area (TPSA) is 24.4 Å². The second-order valence-corrected chi connectivity index (χ2v) is 5.57. The SMILES string of the molecule is S=C=Nc1ccc(C2NCC3CCCCC32)cc1. The average Bonchev–Trinajstić information content (AvgIpc) is 2.84. The minimum absolute atomic E-state index is 0.542. The van der Waals surface area contributed by atoms with E-state index >= 15 is 0 Å². The van der Waals surface area contributed by atoms with Gasteiger partial charge in [-0.3, -0.25) is 0 Å². The van der Waals surface area contributed by atoms with Crippen molar-refractivity contribution >= 4 is 23.1 Å². The molecule has 0 radical (unpaired) electrons. The molecule has 3 rings (SSSR count). The van der Waals surface area contributed by atoms with Gasteiger partial charge in [-0.15, -0.1) is 0 Å². The summed E-state index contributed by atoms with van der Waals surface area (Å²) in [6, 6.07) is 8.97. The molecule has 0 bridgehead atoms. The molecule has 2 nitrogen and oxygen atoms in total. The molecule has 3 atom stereocenters. The number of nitrogens with one attached hydrogen (secondary N) is 1.